The molecule has 0 radical (unpaired) electrons. The summed E-state index contributed by atoms with van der Waals surface area (Å²) in [6, 6.07) is 4.43. The molecule has 36 heavy (non-hydrogen) atoms. The van der Waals surface area contributed by atoms with Crippen molar-refractivity contribution >= 4 is 5.91 Å². The lowest BCUT2D eigenvalue weighted by Crippen LogP contribution is -2.59. The molecule has 9 heteroatoms. The van der Waals surface area contributed by atoms with Crippen LogP contribution in [0.5, 0.6) is 5.75 Å². The molecule has 2 fully saturated rings. The number of phenols is 1. The third-order valence-electron chi connectivity index (χ3n) is 8.49. The van der Waals surface area contributed by atoms with Gasteiger partial charge in [0.05, 0.1) is 35.5 Å². The Bertz CT molecular complexity index is 1170. The van der Waals surface area contributed by atoms with Crippen LogP contribution in [-0.4, -0.2) is 62.0 Å². The number of benzene rings is 1. The van der Waals surface area contributed by atoms with Crippen LogP contribution in [0.25, 0.3) is 5.69 Å². The van der Waals surface area contributed by atoms with Crippen molar-refractivity contribution in [2.24, 2.45) is 5.92 Å². The van der Waals surface area contributed by atoms with Crippen LogP contribution in [-0.2, 0) is 17.6 Å². The largest absolute Gasteiger partial charge is 0.506 e. The van der Waals surface area contributed by atoms with Crippen molar-refractivity contribution in [2.75, 3.05) is 13.1 Å². The number of amides is 1. The molecule has 0 bridgehead atoms. The monoisotopic (exact) mass is 500 g/mol. The number of aryl methyl sites for hydroxylation is 1. The number of piperidine rings is 1. The number of hydrogen-bond acceptors (Lipinski definition) is 5. The Morgan fingerprint density at radius 3 is 2.69 bits per heavy atom. The van der Waals surface area contributed by atoms with E-state index in [1.807, 2.05) is 21.7 Å². The normalized spacial score (nSPS) is 28.5. The number of aromatic nitrogens is 2. The fourth-order valence-electron chi connectivity index (χ4n) is 6.50. The topological polar surface area (TPSA) is 90.6 Å². The van der Waals surface area contributed by atoms with E-state index < -0.39 is 24.0 Å². The van der Waals surface area contributed by atoms with Crippen molar-refractivity contribution in [3.8, 4) is 11.4 Å². The first-order valence-corrected chi connectivity index (χ1v) is 13.3. The van der Waals surface area contributed by atoms with Gasteiger partial charge in [0.1, 0.15) is 11.4 Å². The zero-order valence-corrected chi connectivity index (χ0v) is 20.6. The van der Waals surface area contributed by atoms with Crippen LogP contribution in [0.1, 0.15) is 79.9 Å². The Balaban J connectivity index is 1.28. The molecule has 1 amide bonds. The van der Waals surface area contributed by atoms with E-state index in [-0.39, 0.29) is 30.7 Å². The van der Waals surface area contributed by atoms with Crippen molar-refractivity contribution in [2.45, 2.75) is 88.3 Å². The molecule has 2 aromatic rings. The third-order valence-corrected chi connectivity index (χ3v) is 8.49. The highest BCUT2D eigenvalue weighted by Crippen LogP contribution is 2.44. The van der Waals surface area contributed by atoms with E-state index in [0.717, 1.165) is 49.6 Å². The number of rotatable bonds is 4. The maximum absolute atomic E-state index is 13.8. The van der Waals surface area contributed by atoms with Gasteiger partial charge in [-0.1, -0.05) is 12.5 Å². The van der Waals surface area contributed by atoms with Crippen molar-refractivity contribution in [3.05, 3.63) is 40.7 Å². The zero-order chi connectivity index (χ0) is 25.2. The van der Waals surface area contributed by atoms with Gasteiger partial charge in [-0.15, -0.1) is 0 Å². The SMILES string of the molecule is CC(F)(F)C1NCC(C(=O)N2CCc3c4c(nn3-c3ccc(C5CC5)cc3O)CCCCC42)CC1O. The van der Waals surface area contributed by atoms with Gasteiger partial charge in [-0.05, 0) is 62.1 Å². The Morgan fingerprint density at radius 1 is 1.19 bits per heavy atom. The first-order chi connectivity index (χ1) is 17.2. The first-order valence-electron chi connectivity index (χ1n) is 13.3. The molecule has 1 aromatic heterocycles. The molecule has 4 aliphatic rings. The summed E-state index contributed by atoms with van der Waals surface area (Å²) < 4.78 is 29.5. The van der Waals surface area contributed by atoms with Crippen LogP contribution >= 0.6 is 0 Å². The fraction of sp³-hybridized carbons (Fsp3) is 0.630. The average molecular weight is 501 g/mol. The molecule has 0 spiro atoms. The van der Waals surface area contributed by atoms with Gasteiger partial charge in [0.2, 0.25) is 5.91 Å². The van der Waals surface area contributed by atoms with E-state index in [1.165, 1.54) is 18.4 Å². The van der Waals surface area contributed by atoms with Gasteiger partial charge >= 0.3 is 0 Å². The number of halogens is 2. The van der Waals surface area contributed by atoms with Gasteiger partial charge < -0.3 is 20.4 Å². The minimum absolute atomic E-state index is 0.0311. The van der Waals surface area contributed by atoms with Gasteiger partial charge in [0.25, 0.3) is 5.92 Å². The lowest BCUT2D eigenvalue weighted by atomic mass is 9.86. The van der Waals surface area contributed by atoms with E-state index in [0.29, 0.717) is 24.6 Å². The second kappa shape index (κ2) is 8.80. The van der Waals surface area contributed by atoms with E-state index in [2.05, 4.69) is 11.4 Å². The van der Waals surface area contributed by atoms with Crippen LogP contribution in [0.3, 0.4) is 0 Å². The molecule has 7 nitrogen and oxygen atoms in total. The summed E-state index contributed by atoms with van der Waals surface area (Å²) in [6.07, 6.45) is 5.29. The highest BCUT2D eigenvalue weighted by Gasteiger charge is 2.46. The van der Waals surface area contributed by atoms with Gasteiger partial charge in [-0.2, -0.15) is 5.10 Å². The van der Waals surface area contributed by atoms with Crippen molar-refractivity contribution in [1.29, 1.82) is 0 Å². The molecule has 3 heterocycles. The number of hydrogen-bond donors (Lipinski definition) is 3. The van der Waals surface area contributed by atoms with E-state index >= 15 is 0 Å². The summed E-state index contributed by atoms with van der Waals surface area (Å²) in [6.45, 7) is 1.43. The van der Waals surface area contributed by atoms with Gasteiger partial charge in [0.15, 0.2) is 0 Å². The second-order valence-electron chi connectivity index (χ2n) is 11.1. The molecule has 1 saturated heterocycles. The van der Waals surface area contributed by atoms with Gasteiger partial charge in [-0.25, -0.2) is 13.5 Å². The van der Waals surface area contributed by atoms with Crippen LogP contribution in [0.15, 0.2) is 18.2 Å². The number of carbonyl (C=O) groups is 1. The van der Waals surface area contributed by atoms with Crippen LogP contribution in [0.4, 0.5) is 8.78 Å². The summed E-state index contributed by atoms with van der Waals surface area (Å²) in [5.74, 6) is -2.91. The lowest BCUT2D eigenvalue weighted by molar-refractivity contribution is -0.144. The Morgan fingerprint density at radius 2 is 2.00 bits per heavy atom. The Labute approximate surface area is 209 Å². The number of phenolic OH excluding ortho intramolecular Hbond substituents is 1. The molecule has 6 rings (SSSR count). The van der Waals surface area contributed by atoms with Crippen molar-refractivity contribution < 1.29 is 23.8 Å². The number of nitrogens with zero attached hydrogens (tertiary/aromatic N) is 3. The molecule has 1 saturated carbocycles. The molecule has 2 aliphatic heterocycles. The Hall–Kier alpha value is -2.52. The van der Waals surface area contributed by atoms with E-state index in [9.17, 15) is 23.8 Å². The standard InChI is InChI=1S/C27H34F2N4O3/c1-27(28,29)25-23(35)13-17(14-30-25)26(36)32-11-10-21-24-18(4-2-3-5-20(24)32)31-33(21)19-9-8-16(12-22(19)34)15-6-7-15/h8-9,12,15,17,20,23,25,30,34-35H,2-7,10-11,13-14H2,1H3. The molecule has 194 valence electrons. The summed E-state index contributed by atoms with van der Waals surface area (Å²) in [7, 11) is 0. The van der Waals surface area contributed by atoms with Crippen LogP contribution in [0.2, 0.25) is 0 Å². The Kier molecular flexibility index (Phi) is 5.83. The zero-order valence-electron chi connectivity index (χ0n) is 20.6. The molecule has 3 N–H and O–H groups in total. The second-order valence-corrected chi connectivity index (χ2v) is 11.1. The molecular formula is C27H34F2N4O3. The molecular weight excluding hydrogens is 466 g/mol. The smallest absolute Gasteiger partial charge is 0.262 e. The predicted octanol–water partition coefficient (Wildman–Crippen LogP) is 3.60. The first kappa shape index (κ1) is 23.9. The predicted molar refractivity (Wildman–Crippen MR) is 129 cm³/mol. The third kappa shape index (κ3) is 4.10. The minimum atomic E-state index is -3.05. The fourth-order valence-corrected chi connectivity index (χ4v) is 6.50. The molecule has 2 aliphatic carbocycles. The van der Waals surface area contributed by atoms with Gasteiger partial charge in [0, 0.05) is 32.0 Å². The molecule has 1 aromatic carbocycles. The number of aliphatic hydroxyl groups is 1. The van der Waals surface area contributed by atoms with Crippen LogP contribution < -0.4 is 5.32 Å². The van der Waals surface area contributed by atoms with Gasteiger partial charge in [-0.3, -0.25) is 4.79 Å². The van der Waals surface area contributed by atoms with E-state index in [1.54, 1.807) is 0 Å². The highest BCUT2D eigenvalue weighted by atomic mass is 19.3. The maximum atomic E-state index is 13.8. The maximum Gasteiger partial charge on any atom is 0.262 e. The van der Waals surface area contributed by atoms with Crippen LogP contribution in [0, 0.1) is 5.92 Å². The summed E-state index contributed by atoms with van der Waals surface area (Å²) in [4.78, 5) is 15.5. The average Bonchev–Trinajstić information content (AvgIpc) is 3.64. The number of nitrogens with one attached hydrogen (secondary N) is 1. The van der Waals surface area contributed by atoms with E-state index in [4.69, 9.17) is 5.10 Å². The number of alkyl halides is 2. The number of aliphatic hydroxyl groups excluding tert-OH is 1. The molecule has 4 unspecified atom stereocenters. The quantitative estimate of drug-likeness (QED) is 0.597. The highest BCUT2D eigenvalue weighted by molar-refractivity contribution is 5.80. The molecule has 4 atom stereocenters. The lowest BCUT2D eigenvalue weighted by Gasteiger charge is -2.41. The summed E-state index contributed by atoms with van der Waals surface area (Å²) in [5, 5.41) is 28.9. The van der Waals surface area contributed by atoms with Crippen molar-refractivity contribution in [1.82, 2.24) is 20.0 Å². The van der Waals surface area contributed by atoms with Crippen molar-refractivity contribution in [3.63, 3.8) is 0 Å². The number of carbonyl (C=O) groups excluding carboxylic acids is 1. The summed E-state index contributed by atoms with van der Waals surface area (Å²) >= 11 is 0. The summed E-state index contributed by atoms with van der Waals surface area (Å²) in [5.41, 5.74) is 4.94. The minimum Gasteiger partial charge on any atom is -0.506 e. The number of aromatic hydroxyl groups is 1.